The van der Waals surface area contributed by atoms with Crippen molar-refractivity contribution in [2.24, 2.45) is 0 Å². The molecule has 1 aliphatic heterocycles. The van der Waals surface area contributed by atoms with Gasteiger partial charge >= 0.3 is 0 Å². The minimum absolute atomic E-state index is 0.189. The monoisotopic (exact) mass is 218 g/mol. The fraction of sp³-hybridized carbons (Fsp3) is 0.333. The zero-order chi connectivity index (χ0) is 11.1. The molecule has 1 fully saturated rings. The Morgan fingerprint density at radius 1 is 1.19 bits per heavy atom. The summed E-state index contributed by atoms with van der Waals surface area (Å²) in [7, 11) is 0. The predicted octanol–water partition coefficient (Wildman–Crippen LogP) is 0.534. The van der Waals surface area contributed by atoms with E-state index in [0.717, 1.165) is 16.5 Å². The van der Waals surface area contributed by atoms with E-state index in [2.05, 4.69) is 10.3 Å². The van der Waals surface area contributed by atoms with Gasteiger partial charge in [0.25, 0.3) is 0 Å². The zero-order valence-corrected chi connectivity index (χ0v) is 8.72. The Labute approximate surface area is 92.9 Å². The van der Waals surface area contributed by atoms with Gasteiger partial charge in [-0.25, -0.2) is 0 Å². The van der Waals surface area contributed by atoms with Crippen molar-refractivity contribution >= 4 is 10.9 Å². The summed E-state index contributed by atoms with van der Waals surface area (Å²) in [6.07, 6.45) is 0.474. The van der Waals surface area contributed by atoms with Gasteiger partial charge in [-0.05, 0) is 11.6 Å². The van der Waals surface area contributed by atoms with Crippen molar-refractivity contribution in [2.45, 2.75) is 18.2 Å². The van der Waals surface area contributed by atoms with E-state index in [9.17, 15) is 10.2 Å². The lowest BCUT2D eigenvalue weighted by Gasteiger charge is -2.15. The number of nitrogens with one attached hydrogen (secondary N) is 2. The summed E-state index contributed by atoms with van der Waals surface area (Å²) in [4.78, 5) is 3.17. The maximum absolute atomic E-state index is 9.86. The molecule has 2 aromatic rings. The largest absolute Gasteiger partial charge is 0.389 e. The Morgan fingerprint density at radius 3 is 2.75 bits per heavy atom. The third-order valence-electron chi connectivity index (χ3n) is 3.24. The minimum atomic E-state index is -0.737. The average molecular weight is 218 g/mol. The first-order chi connectivity index (χ1) is 7.77. The number of β-amino-alcohol motifs (C(OH)–C–C–N with tert-alkyl or cyclic N) is 1. The Kier molecular flexibility index (Phi) is 2.21. The highest BCUT2D eigenvalue weighted by atomic mass is 16.3. The zero-order valence-electron chi connectivity index (χ0n) is 8.72. The van der Waals surface area contributed by atoms with Gasteiger partial charge in [-0.15, -0.1) is 0 Å². The number of aromatic amines is 1. The molecule has 3 atom stereocenters. The number of fused-ring (bicyclic) bond motifs is 1. The molecule has 4 N–H and O–H groups in total. The van der Waals surface area contributed by atoms with Crippen molar-refractivity contribution < 1.29 is 10.2 Å². The Balaban J connectivity index is 2.06. The SMILES string of the molecule is O[C@@H]1[C@H](O)CN[C@@H]1c1c[nH]c2ccccc12. The van der Waals surface area contributed by atoms with E-state index < -0.39 is 12.2 Å². The van der Waals surface area contributed by atoms with Gasteiger partial charge in [0.2, 0.25) is 0 Å². The number of aliphatic hydroxyl groups is 2. The highest BCUT2D eigenvalue weighted by Crippen LogP contribution is 2.29. The summed E-state index contributed by atoms with van der Waals surface area (Å²) in [6.45, 7) is 0.436. The first-order valence-electron chi connectivity index (χ1n) is 5.43. The summed E-state index contributed by atoms with van der Waals surface area (Å²) in [5, 5.41) is 23.6. The topological polar surface area (TPSA) is 68.3 Å². The van der Waals surface area contributed by atoms with E-state index >= 15 is 0 Å². The number of aromatic nitrogens is 1. The van der Waals surface area contributed by atoms with Gasteiger partial charge in [0.15, 0.2) is 0 Å². The van der Waals surface area contributed by atoms with Crippen molar-refractivity contribution in [2.75, 3.05) is 6.54 Å². The summed E-state index contributed by atoms with van der Waals surface area (Å²) in [5.41, 5.74) is 2.06. The molecule has 84 valence electrons. The van der Waals surface area contributed by atoms with Crippen LogP contribution in [0.25, 0.3) is 10.9 Å². The van der Waals surface area contributed by atoms with Crippen molar-refractivity contribution in [3.8, 4) is 0 Å². The molecule has 1 aliphatic rings. The molecule has 0 saturated carbocycles. The molecule has 0 spiro atoms. The number of aliphatic hydroxyl groups excluding tert-OH is 2. The number of hydrogen-bond acceptors (Lipinski definition) is 3. The molecule has 0 bridgehead atoms. The first kappa shape index (κ1) is 9.84. The van der Waals surface area contributed by atoms with Crippen LogP contribution in [-0.2, 0) is 0 Å². The third kappa shape index (κ3) is 1.35. The summed E-state index contributed by atoms with van der Waals surface area (Å²) in [6, 6.07) is 7.76. The molecule has 4 heteroatoms. The lowest BCUT2D eigenvalue weighted by molar-refractivity contribution is 0.0407. The smallest absolute Gasteiger partial charge is 0.101 e. The van der Waals surface area contributed by atoms with Crippen LogP contribution in [-0.4, -0.2) is 33.9 Å². The summed E-state index contributed by atoms with van der Waals surface area (Å²) >= 11 is 0. The summed E-state index contributed by atoms with van der Waals surface area (Å²) < 4.78 is 0. The number of para-hydroxylation sites is 1. The quantitative estimate of drug-likeness (QED) is 0.564. The van der Waals surface area contributed by atoms with Gasteiger partial charge in [-0.3, -0.25) is 0 Å². The van der Waals surface area contributed by atoms with Gasteiger partial charge in [-0.1, -0.05) is 18.2 Å². The van der Waals surface area contributed by atoms with E-state index in [4.69, 9.17) is 0 Å². The molecule has 0 unspecified atom stereocenters. The van der Waals surface area contributed by atoms with Gasteiger partial charge in [0, 0.05) is 23.6 Å². The number of benzene rings is 1. The van der Waals surface area contributed by atoms with Crippen molar-refractivity contribution in [1.82, 2.24) is 10.3 Å². The molecule has 0 amide bonds. The van der Waals surface area contributed by atoms with E-state index in [1.807, 2.05) is 30.5 Å². The van der Waals surface area contributed by atoms with Crippen molar-refractivity contribution in [3.05, 3.63) is 36.0 Å². The second-order valence-corrected chi connectivity index (χ2v) is 4.23. The van der Waals surface area contributed by atoms with Crippen LogP contribution in [0.3, 0.4) is 0 Å². The second-order valence-electron chi connectivity index (χ2n) is 4.23. The lowest BCUT2D eigenvalue weighted by atomic mass is 10.0. The minimum Gasteiger partial charge on any atom is -0.389 e. The fourth-order valence-corrected chi connectivity index (χ4v) is 2.36. The van der Waals surface area contributed by atoms with Crippen LogP contribution < -0.4 is 5.32 Å². The van der Waals surface area contributed by atoms with Crippen LogP contribution in [0, 0.1) is 0 Å². The lowest BCUT2D eigenvalue weighted by Crippen LogP contribution is -2.25. The maximum atomic E-state index is 9.86. The third-order valence-corrected chi connectivity index (χ3v) is 3.24. The Bertz CT molecular complexity index is 508. The molecule has 4 nitrogen and oxygen atoms in total. The molecule has 1 aromatic carbocycles. The van der Waals surface area contributed by atoms with Gasteiger partial charge in [-0.2, -0.15) is 0 Å². The molecular weight excluding hydrogens is 204 g/mol. The molecule has 0 radical (unpaired) electrons. The van der Waals surface area contributed by atoms with E-state index in [1.54, 1.807) is 0 Å². The fourth-order valence-electron chi connectivity index (χ4n) is 2.36. The normalized spacial score (nSPS) is 30.0. The number of H-pyrrole nitrogens is 1. The maximum Gasteiger partial charge on any atom is 0.101 e. The van der Waals surface area contributed by atoms with Crippen LogP contribution in [0.15, 0.2) is 30.5 Å². The number of rotatable bonds is 1. The predicted molar refractivity (Wildman–Crippen MR) is 61.1 cm³/mol. The number of hydrogen-bond donors (Lipinski definition) is 4. The molecule has 3 rings (SSSR count). The highest BCUT2D eigenvalue weighted by molar-refractivity contribution is 5.83. The Morgan fingerprint density at radius 2 is 2.00 bits per heavy atom. The van der Waals surface area contributed by atoms with Crippen LogP contribution in [0.1, 0.15) is 11.6 Å². The van der Waals surface area contributed by atoms with E-state index in [1.165, 1.54) is 0 Å². The van der Waals surface area contributed by atoms with Crippen LogP contribution in [0.2, 0.25) is 0 Å². The average Bonchev–Trinajstić information content (AvgIpc) is 2.85. The summed E-state index contributed by atoms with van der Waals surface area (Å²) in [5.74, 6) is 0. The molecule has 1 saturated heterocycles. The Hall–Kier alpha value is -1.36. The molecular formula is C12H14N2O2. The molecule has 1 aromatic heterocycles. The molecule has 16 heavy (non-hydrogen) atoms. The van der Waals surface area contributed by atoms with Crippen molar-refractivity contribution in [1.29, 1.82) is 0 Å². The molecule has 2 heterocycles. The first-order valence-corrected chi connectivity index (χ1v) is 5.43. The van der Waals surface area contributed by atoms with Crippen molar-refractivity contribution in [3.63, 3.8) is 0 Å². The van der Waals surface area contributed by atoms with Gasteiger partial charge in [0.05, 0.1) is 12.1 Å². The second kappa shape index (κ2) is 3.59. The standard InChI is InChI=1S/C12H14N2O2/c15-10-6-14-11(12(10)16)8-5-13-9-4-2-1-3-7(8)9/h1-5,10-16H,6H2/t10-,11-,12-/m1/s1. The van der Waals surface area contributed by atoms with E-state index in [0.29, 0.717) is 6.54 Å². The molecule has 0 aliphatic carbocycles. The van der Waals surface area contributed by atoms with Gasteiger partial charge in [0.1, 0.15) is 6.10 Å². The van der Waals surface area contributed by atoms with Crippen LogP contribution in [0.4, 0.5) is 0 Å². The van der Waals surface area contributed by atoms with Crippen LogP contribution >= 0.6 is 0 Å². The van der Waals surface area contributed by atoms with Gasteiger partial charge < -0.3 is 20.5 Å². The highest BCUT2D eigenvalue weighted by Gasteiger charge is 2.35. The van der Waals surface area contributed by atoms with E-state index in [-0.39, 0.29) is 6.04 Å². The van der Waals surface area contributed by atoms with Crippen LogP contribution in [0.5, 0.6) is 0 Å².